The molecule has 1 aromatic carbocycles. The molecular formula is C19H23F3N2O3. The number of carboxylic acid groups (broad SMARTS) is 1. The number of likely N-dealkylation sites (tertiary alicyclic amines) is 2. The number of halogens is 3. The number of carbonyl (C=O) groups excluding carboxylic acids is 1. The van der Waals surface area contributed by atoms with Crippen LogP contribution in [0, 0.1) is 10.8 Å². The van der Waals surface area contributed by atoms with Crippen LogP contribution < -0.4 is 0 Å². The van der Waals surface area contributed by atoms with Gasteiger partial charge in [-0.05, 0) is 31.9 Å². The molecule has 2 unspecified atom stereocenters. The van der Waals surface area contributed by atoms with Gasteiger partial charge < -0.3 is 10.0 Å². The highest BCUT2D eigenvalue weighted by molar-refractivity contribution is 5.86. The molecule has 27 heavy (non-hydrogen) atoms. The van der Waals surface area contributed by atoms with Crippen molar-refractivity contribution in [3.8, 4) is 0 Å². The van der Waals surface area contributed by atoms with Crippen molar-refractivity contribution in [3.63, 3.8) is 0 Å². The molecule has 2 heterocycles. The number of amides is 1. The second-order valence-electron chi connectivity index (χ2n) is 7.87. The summed E-state index contributed by atoms with van der Waals surface area (Å²) in [5.41, 5.74) is -2.77. The minimum atomic E-state index is -4.68. The Morgan fingerprint density at radius 1 is 1.11 bits per heavy atom. The number of nitrogens with zero attached hydrogens (tertiary/aromatic N) is 2. The average Bonchev–Trinajstić information content (AvgIpc) is 3.21. The molecule has 0 radical (unpaired) electrons. The monoisotopic (exact) mass is 384 g/mol. The van der Waals surface area contributed by atoms with E-state index in [1.807, 2.05) is 30.3 Å². The van der Waals surface area contributed by atoms with Crippen LogP contribution in [0.1, 0.15) is 25.3 Å². The minimum absolute atomic E-state index is 0.0398. The van der Waals surface area contributed by atoms with E-state index in [-0.39, 0.29) is 32.5 Å². The summed E-state index contributed by atoms with van der Waals surface area (Å²) in [6, 6.07) is 9.17. The molecule has 1 N–H and O–H groups in total. The fourth-order valence-corrected chi connectivity index (χ4v) is 4.00. The number of carbonyl (C=O) groups is 2. The van der Waals surface area contributed by atoms with Gasteiger partial charge in [0.05, 0.1) is 5.41 Å². The second-order valence-corrected chi connectivity index (χ2v) is 7.87. The van der Waals surface area contributed by atoms with E-state index < -0.39 is 35.4 Å². The molecule has 148 valence electrons. The van der Waals surface area contributed by atoms with Gasteiger partial charge in [0.2, 0.25) is 5.91 Å². The molecule has 0 saturated carbocycles. The maximum absolute atomic E-state index is 14.0. The summed E-state index contributed by atoms with van der Waals surface area (Å²) in [4.78, 5) is 27.0. The zero-order chi connectivity index (χ0) is 19.9. The number of hydrogen-bond acceptors (Lipinski definition) is 3. The third-order valence-corrected chi connectivity index (χ3v) is 5.83. The van der Waals surface area contributed by atoms with E-state index in [4.69, 9.17) is 0 Å². The largest absolute Gasteiger partial charge is 0.481 e. The second kappa shape index (κ2) is 6.82. The lowest BCUT2D eigenvalue weighted by atomic mass is 9.84. The van der Waals surface area contributed by atoms with Gasteiger partial charge in [0.15, 0.2) is 5.41 Å². The van der Waals surface area contributed by atoms with Crippen molar-refractivity contribution in [1.82, 2.24) is 9.80 Å². The minimum Gasteiger partial charge on any atom is -0.481 e. The van der Waals surface area contributed by atoms with Crippen molar-refractivity contribution in [2.45, 2.75) is 32.5 Å². The quantitative estimate of drug-likeness (QED) is 0.867. The van der Waals surface area contributed by atoms with Crippen LogP contribution in [0.25, 0.3) is 0 Å². The van der Waals surface area contributed by atoms with Gasteiger partial charge in [-0.25, -0.2) is 0 Å². The Labute approximate surface area is 155 Å². The number of carboxylic acids is 1. The van der Waals surface area contributed by atoms with E-state index in [9.17, 15) is 27.9 Å². The molecule has 3 rings (SSSR count). The standard InChI is InChI=1S/C19H23F3N2O3/c1-17(16(26)27)7-10-24(12-17)15(25)18(19(20,21)22)8-9-23(13-18)11-14-5-3-2-4-6-14/h2-6H,7-13H2,1H3,(H,26,27). The summed E-state index contributed by atoms with van der Waals surface area (Å²) < 4.78 is 42.0. The molecule has 0 aromatic heterocycles. The van der Waals surface area contributed by atoms with Crippen LogP contribution in [0.2, 0.25) is 0 Å². The molecular weight excluding hydrogens is 361 g/mol. The highest BCUT2D eigenvalue weighted by Crippen LogP contribution is 2.48. The van der Waals surface area contributed by atoms with E-state index in [0.29, 0.717) is 6.54 Å². The molecule has 2 saturated heterocycles. The lowest BCUT2D eigenvalue weighted by Crippen LogP contribution is -2.53. The van der Waals surface area contributed by atoms with Gasteiger partial charge in [0.1, 0.15) is 0 Å². The van der Waals surface area contributed by atoms with E-state index >= 15 is 0 Å². The van der Waals surface area contributed by atoms with Gasteiger partial charge in [0.25, 0.3) is 0 Å². The molecule has 2 fully saturated rings. The Morgan fingerprint density at radius 2 is 1.78 bits per heavy atom. The van der Waals surface area contributed by atoms with Gasteiger partial charge >= 0.3 is 12.1 Å². The summed E-state index contributed by atoms with van der Waals surface area (Å²) in [7, 11) is 0. The van der Waals surface area contributed by atoms with Crippen LogP contribution in [0.3, 0.4) is 0 Å². The van der Waals surface area contributed by atoms with Crippen LogP contribution in [0.5, 0.6) is 0 Å². The van der Waals surface area contributed by atoms with Crippen LogP contribution >= 0.6 is 0 Å². The molecule has 2 aliphatic heterocycles. The molecule has 5 nitrogen and oxygen atoms in total. The topological polar surface area (TPSA) is 60.9 Å². The predicted octanol–water partition coefficient (Wildman–Crippen LogP) is 2.76. The zero-order valence-electron chi connectivity index (χ0n) is 15.1. The molecule has 1 amide bonds. The number of alkyl halides is 3. The first-order valence-corrected chi connectivity index (χ1v) is 8.93. The van der Waals surface area contributed by atoms with Crippen molar-refractivity contribution in [1.29, 1.82) is 0 Å². The first kappa shape index (κ1) is 19.7. The summed E-state index contributed by atoms with van der Waals surface area (Å²) >= 11 is 0. The third-order valence-electron chi connectivity index (χ3n) is 5.83. The van der Waals surface area contributed by atoms with Gasteiger partial charge in [-0.1, -0.05) is 30.3 Å². The smallest absolute Gasteiger partial charge is 0.404 e. The van der Waals surface area contributed by atoms with Gasteiger partial charge in [-0.2, -0.15) is 13.2 Å². The van der Waals surface area contributed by atoms with Crippen LogP contribution in [0.4, 0.5) is 13.2 Å². The Bertz CT molecular complexity index is 725. The van der Waals surface area contributed by atoms with Gasteiger partial charge in [-0.15, -0.1) is 0 Å². The zero-order valence-corrected chi connectivity index (χ0v) is 15.1. The molecule has 2 aliphatic rings. The molecule has 0 bridgehead atoms. The Hall–Kier alpha value is -2.09. The molecule has 2 atom stereocenters. The molecule has 0 spiro atoms. The maximum Gasteiger partial charge on any atom is 0.404 e. The fourth-order valence-electron chi connectivity index (χ4n) is 4.00. The summed E-state index contributed by atoms with van der Waals surface area (Å²) in [6.45, 7) is 1.45. The molecule has 0 aliphatic carbocycles. The SMILES string of the molecule is CC1(C(=O)O)CCN(C(=O)C2(C(F)(F)F)CCN(Cc3ccccc3)C2)C1. The van der Waals surface area contributed by atoms with E-state index in [1.165, 1.54) is 6.92 Å². The van der Waals surface area contributed by atoms with E-state index in [0.717, 1.165) is 10.5 Å². The molecule has 8 heteroatoms. The number of benzene rings is 1. The van der Waals surface area contributed by atoms with Crippen molar-refractivity contribution in [2.24, 2.45) is 10.8 Å². The predicted molar refractivity (Wildman–Crippen MR) is 91.8 cm³/mol. The highest BCUT2D eigenvalue weighted by Gasteiger charge is 2.64. The summed E-state index contributed by atoms with van der Waals surface area (Å²) in [6.07, 6.45) is -4.82. The Balaban J connectivity index is 1.79. The van der Waals surface area contributed by atoms with E-state index in [2.05, 4.69) is 0 Å². The van der Waals surface area contributed by atoms with Crippen molar-refractivity contribution in [3.05, 3.63) is 35.9 Å². The van der Waals surface area contributed by atoms with Crippen molar-refractivity contribution < 1.29 is 27.9 Å². The van der Waals surface area contributed by atoms with Crippen LogP contribution in [0.15, 0.2) is 30.3 Å². The number of aliphatic carboxylic acids is 1. The first-order chi connectivity index (χ1) is 12.6. The van der Waals surface area contributed by atoms with Crippen molar-refractivity contribution >= 4 is 11.9 Å². The van der Waals surface area contributed by atoms with Crippen LogP contribution in [-0.2, 0) is 16.1 Å². The molecule has 1 aromatic rings. The third kappa shape index (κ3) is 3.54. The first-order valence-electron chi connectivity index (χ1n) is 8.93. The summed E-state index contributed by atoms with van der Waals surface area (Å²) in [5, 5.41) is 9.30. The number of rotatable bonds is 4. The summed E-state index contributed by atoms with van der Waals surface area (Å²) in [5.74, 6) is -2.08. The highest BCUT2D eigenvalue weighted by atomic mass is 19.4. The normalized spacial score (nSPS) is 29.3. The lowest BCUT2D eigenvalue weighted by molar-refractivity contribution is -0.223. The fraction of sp³-hybridized carbons (Fsp3) is 0.579. The van der Waals surface area contributed by atoms with Crippen molar-refractivity contribution in [2.75, 3.05) is 26.2 Å². The van der Waals surface area contributed by atoms with Crippen LogP contribution in [-0.4, -0.2) is 59.1 Å². The lowest BCUT2D eigenvalue weighted by Gasteiger charge is -2.34. The van der Waals surface area contributed by atoms with Gasteiger partial charge in [0, 0.05) is 26.2 Å². The Kier molecular flexibility index (Phi) is 4.96. The number of hydrogen-bond donors (Lipinski definition) is 1. The average molecular weight is 384 g/mol. The Morgan fingerprint density at radius 3 is 2.33 bits per heavy atom. The maximum atomic E-state index is 14.0. The van der Waals surface area contributed by atoms with E-state index in [1.54, 1.807) is 4.90 Å². The van der Waals surface area contributed by atoms with Gasteiger partial charge in [-0.3, -0.25) is 14.5 Å².